The maximum absolute atomic E-state index is 10.1. The first kappa shape index (κ1) is 13.6. The topological polar surface area (TPSA) is 52.5 Å². The molecule has 0 aliphatic carbocycles. The van der Waals surface area contributed by atoms with Gasteiger partial charge in [0.05, 0.1) is 6.10 Å². The largest absolute Gasteiger partial charge is 0.389 e. The second-order valence-electron chi connectivity index (χ2n) is 4.02. The van der Waals surface area contributed by atoms with Gasteiger partial charge in [-0.25, -0.2) is 0 Å². The number of likely N-dealkylation sites (N-methyl/N-ethyl adjacent to an activating group) is 1. The molecule has 90 valence electrons. The normalized spacial score (nSPS) is 14.9. The molecule has 0 aliphatic rings. The van der Waals surface area contributed by atoms with E-state index in [9.17, 15) is 10.2 Å². The van der Waals surface area contributed by atoms with Crippen LogP contribution in [0.4, 0.5) is 0 Å². The van der Waals surface area contributed by atoms with Crippen LogP contribution < -0.4 is 5.32 Å². The fourth-order valence-corrected chi connectivity index (χ4v) is 2.59. The maximum Gasteiger partial charge on any atom is 0.107 e. The third-order valence-electron chi connectivity index (χ3n) is 2.63. The Balaban J connectivity index is 3.03. The molecule has 0 saturated carbocycles. The van der Waals surface area contributed by atoms with Crippen LogP contribution in [0.1, 0.15) is 22.8 Å². The van der Waals surface area contributed by atoms with Crippen LogP contribution in [0.25, 0.3) is 0 Å². The number of benzene rings is 1. The highest BCUT2D eigenvalue weighted by Gasteiger charge is 2.21. The molecule has 0 spiro atoms. The van der Waals surface area contributed by atoms with Crippen molar-refractivity contribution in [3.63, 3.8) is 0 Å². The van der Waals surface area contributed by atoms with Gasteiger partial charge in [0, 0.05) is 11.0 Å². The second-order valence-corrected chi connectivity index (χ2v) is 4.94. The van der Waals surface area contributed by atoms with Gasteiger partial charge >= 0.3 is 0 Å². The SMILES string of the molecule is CNCC(O)C(O)c1c(C)cc(Br)cc1C. The van der Waals surface area contributed by atoms with Gasteiger partial charge in [0.1, 0.15) is 6.10 Å². The first-order chi connectivity index (χ1) is 7.47. The Hall–Kier alpha value is -0.420. The molecule has 2 unspecified atom stereocenters. The molecule has 0 fully saturated rings. The molecule has 0 saturated heterocycles. The van der Waals surface area contributed by atoms with Gasteiger partial charge in [-0.15, -0.1) is 0 Å². The zero-order valence-corrected chi connectivity index (χ0v) is 11.4. The van der Waals surface area contributed by atoms with Crippen LogP contribution >= 0.6 is 15.9 Å². The molecule has 0 heterocycles. The summed E-state index contributed by atoms with van der Waals surface area (Å²) < 4.78 is 0.988. The lowest BCUT2D eigenvalue weighted by Gasteiger charge is -2.21. The van der Waals surface area contributed by atoms with Gasteiger partial charge in [-0.1, -0.05) is 15.9 Å². The van der Waals surface area contributed by atoms with Gasteiger partial charge < -0.3 is 15.5 Å². The predicted molar refractivity (Wildman–Crippen MR) is 68.5 cm³/mol. The van der Waals surface area contributed by atoms with Crippen molar-refractivity contribution in [1.29, 1.82) is 0 Å². The zero-order valence-electron chi connectivity index (χ0n) is 9.79. The van der Waals surface area contributed by atoms with E-state index in [0.29, 0.717) is 6.54 Å². The van der Waals surface area contributed by atoms with Gasteiger partial charge in [-0.2, -0.15) is 0 Å². The summed E-state index contributed by atoms with van der Waals surface area (Å²) in [5, 5.41) is 22.7. The van der Waals surface area contributed by atoms with E-state index < -0.39 is 12.2 Å². The lowest BCUT2D eigenvalue weighted by Crippen LogP contribution is -2.30. The van der Waals surface area contributed by atoms with Crippen molar-refractivity contribution in [2.24, 2.45) is 0 Å². The standard InChI is InChI=1S/C12H18BrNO2/c1-7-4-9(13)5-8(2)11(7)12(16)10(15)6-14-3/h4-5,10,12,14-16H,6H2,1-3H3. The van der Waals surface area contributed by atoms with Crippen LogP contribution in [-0.2, 0) is 0 Å². The van der Waals surface area contributed by atoms with Crippen LogP contribution in [0, 0.1) is 13.8 Å². The summed E-state index contributed by atoms with van der Waals surface area (Å²) in [4.78, 5) is 0. The first-order valence-corrected chi connectivity index (χ1v) is 6.04. The van der Waals surface area contributed by atoms with Crippen molar-refractivity contribution in [3.05, 3.63) is 33.3 Å². The maximum atomic E-state index is 10.1. The number of nitrogens with one attached hydrogen (secondary N) is 1. The Morgan fingerprint density at radius 3 is 2.19 bits per heavy atom. The van der Waals surface area contributed by atoms with E-state index in [2.05, 4.69) is 21.2 Å². The van der Waals surface area contributed by atoms with Crippen LogP contribution in [0.3, 0.4) is 0 Å². The van der Waals surface area contributed by atoms with Gasteiger partial charge in [0.2, 0.25) is 0 Å². The van der Waals surface area contributed by atoms with Crippen molar-refractivity contribution in [2.75, 3.05) is 13.6 Å². The van der Waals surface area contributed by atoms with Gasteiger partial charge in [-0.3, -0.25) is 0 Å². The molecule has 0 radical (unpaired) electrons. The minimum absolute atomic E-state index is 0.371. The van der Waals surface area contributed by atoms with E-state index in [1.54, 1.807) is 7.05 Å². The quantitative estimate of drug-likeness (QED) is 0.790. The summed E-state index contributed by atoms with van der Waals surface area (Å²) in [6.45, 7) is 4.24. The Labute approximate surface area is 105 Å². The third kappa shape index (κ3) is 3.04. The molecule has 1 rings (SSSR count). The van der Waals surface area contributed by atoms with E-state index >= 15 is 0 Å². The van der Waals surface area contributed by atoms with Crippen LogP contribution in [-0.4, -0.2) is 29.9 Å². The summed E-state index contributed by atoms with van der Waals surface area (Å²) in [6, 6.07) is 3.88. The summed E-state index contributed by atoms with van der Waals surface area (Å²) in [6.07, 6.45) is -1.64. The van der Waals surface area contributed by atoms with E-state index in [-0.39, 0.29) is 0 Å². The Morgan fingerprint density at radius 1 is 1.25 bits per heavy atom. The molecule has 0 bridgehead atoms. The lowest BCUT2D eigenvalue weighted by atomic mass is 9.95. The fraction of sp³-hybridized carbons (Fsp3) is 0.500. The molecule has 1 aromatic carbocycles. The smallest absolute Gasteiger partial charge is 0.107 e. The van der Waals surface area contributed by atoms with Crippen molar-refractivity contribution >= 4 is 15.9 Å². The summed E-state index contributed by atoms with van der Waals surface area (Å²) in [5.74, 6) is 0. The number of halogens is 1. The number of hydrogen-bond acceptors (Lipinski definition) is 3. The molecular formula is C12H18BrNO2. The van der Waals surface area contributed by atoms with Crippen LogP contribution in [0.15, 0.2) is 16.6 Å². The first-order valence-electron chi connectivity index (χ1n) is 5.24. The van der Waals surface area contributed by atoms with E-state index in [1.165, 1.54) is 0 Å². The summed E-state index contributed by atoms with van der Waals surface area (Å²) >= 11 is 3.41. The molecule has 3 nitrogen and oxygen atoms in total. The highest BCUT2D eigenvalue weighted by Crippen LogP contribution is 2.27. The predicted octanol–water partition coefficient (Wildman–Crippen LogP) is 1.68. The molecule has 0 amide bonds. The number of aliphatic hydroxyl groups is 2. The fourth-order valence-electron chi connectivity index (χ4n) is 1.90. The molecule has 0 aromatic heterocycles. The van der Waals surface area contributed by atoms with Gasteiger partial charge in [0.15, 0.2) is 0 Å². The third-order valence-corrected chi connectivity index (χ3v) is 3.09. The summed E-state index contributed by atoms with van der Waals surface area (Å²) in [5.41, 5.74) is 2.77. The average Bonchev–Trinajstić information content (AvgIpc) is 2.16. The molecule has 16 heavy (non-hydrogen) atoms. The van der Waals surface area contributed by atoms with Crippen molar-refractivity contribution in [3.8, 4) is 0 Å². The van der Waals surface area contributed by atoms with E-state index in [0.717, 1.165) is 21.2 Å². The highest BCUT2D eigenvalue weighted by molar-refractivity contribution is 9.10. The Kier molecular flexibility index (Phi) is 4.92. The van der Waals surface area contributed by atoms with Crippen LogP contribution in [0.5, 0.6) is 0 Å². The van der Waals surface area contributed by atoms with E-state index in [4.69, 9.17) is 0 Å². The number of rotatable bonds is 4. The minimum atomic E-state index is -0.847. The van der Waals surface area contributed by atoms with Crippen molar-refractivity contribution in [1.82, 2.24) is 5.32 Å². The molecule has 4 heteroatoms. The van der Waals surface area contributed by atoms with Gasteiger partial charge in [0.25, 0.3) is 0 Å². The molecule has 0 aliphatic heterocycles. The monoisotopic (exact) mass is 287 g/mol. The molecular weight excluding hydrogens is 270 g/mol. The summed E-state index contributed by atoms with van der Waals surface area (Å²) in [7, 11) is 1.75. The molecule has 3 N–H and O–H groups in total. The lowest BCUT2D eigenvalue weighted by molar-refractivity contribution is 0.0195. The van der Waals surface area contributed by atoms with Gasteiger partial charge in [-0.05, 0) is 49.7 Å². The average molecular weight is 288 g/mol. The van der Waals surface area contributed by atoms with Crippen LogP contribution in [0.2, 0.25) is 0 Å². The Bertz CT molecular complexity index is 345. The number of aryl methyl sites for hydroxylation is 2. The van der Waals surface area contributed by atoms with Crippen molar-refractivity contribution < 1.29 is 10.2 Å². The second kappa shape index (κ2) is 5.77. The molecule has 2 atom stereocenters. The number of aliphatic hydroxyl groups excluding tert-OH is 2. The highest BCUT2D eigenvalue weighted by atomic mass is 79.9. The Morgan fingerprint density at radius 2 is 1.75 bits per heavy atom. The number of hydrogen-bond donors (Lipinski definition) is 3. The van der Waals surface area contributed by atoms with Crippen molar-refractivity contribution in [2.45, 2.75) is 26.1 Å². The molecule has 1 aromatic rings. The van der Waals surface area contributed by atoms with E-state index in [1.807, 2.05) is 26.0 Å². The zero-order chi connectivity index (χ0) is 12.3. The minimum Gasteiger partial charge on any atom is -0.389 e.